The number of nitrogens with one attached hydrogen (secondary N) is 1. The fourth-order valence-corrected chi connectivity index (χ4v) is 1.58. The van der Waals surface area contributed by atoms with Gasteiger partial charge in [0.2, 0.25) is 11.8 Å². The Hall–Kier alpha value is -2.49. The van der Waals surface area contributed by atoms with E-state index in [1.165, 1.54) is 0 Å². The maximum absolute atomic E-state index is 13.4. The Morgan fingerprint density at radius 3 is 2.65 bits per heavy atom. The van der Waals surface area contributed by atoms with E-state index in [4.69, 9.17) is 11.0 Å². The Bertz CT molecular complexity index is 555. The fraction of sp³-hybridized carbons (Fsp3) is 0.308. The van der Waals surface area contributed by atoms with Crippen LogP contribution in [0.3, 0.4) is 0 Å². The van der Waals surface area contributed by atoms with Crippen molar-refractivity contribution in [3.05, 3.63) is 35.4 Å². The number of rotatable bonds is 6. The van der Waals surface area contributed by atoms with E-state index >= 15 is 0 Å². The summed E-state index contributed by atoms with van der Waals surface area (Å²) in [5.41, 5.74) is 5.09. The molecule has 0 saturated carbocycles. The van der Waals surface area contributed by atoms with E-state index < -0.39 is 29.5 Å². The number of nitrogens with two attached hydrogens (primary N) is 1. The number of amides is 2. The lowest BCUT2D eigenvalue weighted by Crippen LogP contribution is -2.45. The van der Waals surface area contributed by atoms with Crippen molar-refractivity contribution in [2.75, 3.05) is 0 Å². The first-order valence-corrected chi connectivity index (χ1v) is 5.83. The van der Waals surface area contributed by atoms with Crippen LogP contribution in [0.15, 0.2) is 18.2 Å². The van der Waals surface area contributed by atoms with Crippen molar-refractivity contribution < 1.29 is 18.4 Å². The average Bonchev–Trinajstić information content (AvgIpc) is 2.37. The molecule has 0 aliphatic rings. The molecule has 0 heterocycles. The third-order valence-electron chi connectivity index (χ3n) is 2.59. The van der Waals surface area contributed by atoms with Crippen molar-refractivity contribution in [2.24, 2.45) is 5.73 Å². The van der Waals surface area contributed by atoms with Gasteiger partial charge < -0.3 is 11.1 Å². The van der Waals surface area contributed by atoms with Gasteiger partial charge in [0.25, 0.3) is 0 Å². The normalized spacial score (nSPS) is 11.4. The molecule has 0 aromatic heterocycles. The van der Waals surface area contributed by atoms with Crippen molar-refractivity contribution >= 4 is 11.8 Å². The lowest BCUT2D eigenvalue weighted by molar-refractivity contribution is -0.127. The SMILES string of the molecule is N#CCC[C@@H](NC(=O)Cc1ccc(F)cc1F)C(N)=O. The van der Waals surface area contributed by atoms with Crippen molar-refractivity contribution in [1.29, 1.82) is 5.26 Å². The molecule has 1 atom stereocenters. The number of halogens is 2. The molecular formula is C13H13F2N3O2. The molecule has 0 aliphatic carbocycles. The van der Waals surface area contributed by atoms with Gasteiger partial charge in [-0.1, -0.05) is 6.07 Å². The van der Waals surface area contributed by atoms with E-state index in [0.29, 0.717) is 6.07 Å². The molecule has 0 saturated heterocycles. The Morgan fingerprint density at radius 1 is 1.40 bits per heavy atom. The molecule has 0 aliphatic heterocycles. The highest BCUT2D eigenvalue weighted by molar-refractivity contribution is 5.87. The molecule has 0 spiro atoms. The molecule has 1 aromatic carbocycles. The van der Waals surface area contributed by atoms with Crippen LogP contribution in [0.25, 0.3) is 0 Å². The zero-order chi connectivity index (χ0) is 15.1. The molecule has 0 radical (unpaired) electrons. The van der Waals surface area contributed by atoms with Crippen LogP contribution in [-0.4, -0.2) is 17.9 Å². The van der Waals surface area contributed by atoms with Gasteiger partial charge in [0.15, 0.2) is 0 Å². The molecule has 1 aromatic rings. The molecule has 0 bridgehead atoms. The van der Waals surface area contributed by atoms with Crippen LogP contribution in [0.4, 0.5) is 8.78 Å². The average molecular weight is 281 g/mol. The largest absolute Gasteiger partial charge is 0.368 e. The van der Waals surface area contributed by atoms with E-state index in [-0.39, 0.29) is 24.8 Å². The second kappa shape index (κ2) is 7.19. The van der Waals surface area contributed by atoms with Crippen LogP contribution in [0.5, 0.6) is 0 Å². The van der Waals surface area contributed by atoms with E-state index in [0.717, 1.165) is 12.1 Å². The topological polar surface area (TPSA) is 96.0 Å². The summed E-state index contributed by atoms with van der Waals surface area (Å²) in [7, 11) is 0. The van der Waals surface area contributed by atoms with Gasteiger partial charge in [-0.05, 0) is 18.1 Å². The highest BCUT2D eigenvalue weighted by Gasteiger charge is 2.18. The van der Waals surface area contributed by atoms with Crippen LogP contribution >= 0.6 is 0 Å². The summed E-state index contributed by atoms with van der Waals surface area (Å²) < 4.78 is 26.1. The summed E-state index contributed by atoms with van der Waals surface area (Å²) >= 11 is 0. The summed E-state index contributed by atoms with van der Waals surface area (Å²) in [6.45, 7) is 0. The Morgan fingerprint density at radius 2 is 2.10 bits per heavy atom. The Balaban J connectivity index is 2.66. The smallest absolute Gasteiger partial charge is 0.240 e. The zero-order valence-corrected chi connectivity index (χ0v) is 10.5. The highest BCUT2D eigenvalue weighted by atomic mass is 19.1. The molecular weight excluding hydrogens is 268 g/mol. The fourth-order valence-electron chi connectivity index (χ4n) is 1.58. The number of carbonyl (C=O) groups excluding carboxylic acids is 2. The third kappa shape index (κ3) is 4.65. The van der Waals surface area contributed by atoms with Gasteiger partial charge in [-0.2, -0.15) is 5.26 Å². The lowest BCUT2D eigenvalue weighted by Gasteiger charge is -2.14. The summed E-state index contributed by atoms with van der Waals surface area (Å²) in [6.07, 6.45) is -0.204. The van der Waals surface area contributed by atoms with Crippen LogP contribution in [0.2, 0.25) is 0 Å². The van der Waals surface area contributed by atoms with E-state index in [9.17, 15) is 18.4 Å². The third-order valence-corrected chi connectivity index (χ3v) is 2.59. The van der Waals surface area contributed by atoms with Crippen LogP contribution in [0.1, 0.15) is 18.4 Å². The standard InChI is InChI=1S/C13H13F2N3O2/c14-9-4-3-8(10(15)7-9)6-12(19)18-11(13(17)20)2-1-5-16/h3-4,7,11H,1-2,6H2,(H2,17,20)(H,18,19)/t11-/m1/s1. The minimum atomic E-state index is -0.981. The van der Waals surface area contributed by atoms with Crippen molar-refractivity contribution in [3.8, 4) is 6.07 Å². The molecule has 0 fully saturated rings. The molecule has 0 unspecified atom stereocenters. The number of nitriles is 1. The van der Waals surface area contributed by atoms with Crippen LogP contribution in [-0.2, 0) is 16.0 Å². The summed E-state index contributed by atoms with van der Waals surface area (Å²) in [6, 6.07) is 3.71. The molecule has 1 rings (SSSR count). The summed E-state index contributed by atoms with van der Waals surface area (Å²) in [4.78, 5) is 22.7. The first-order chi connectivity index (χ1) is 9.43. The lowest BCUT2D eigenvalue weighted by atomic mass is 10.1. The Kier molecular flexibility index (Phi) is 5.59. The first-order valence-electron chi connectivity index (χ1n) is 5.83. The number of benzene rings is 1. The number of nitrogens with zero attached hydrogens (tertiary/aromatic N) is 1. The highest BCUT2D eigenvalue weighted by Crippen LogP contribution is 2.10. The quantitative estimate of drug-likeness (QED) is 0.806. The minimum Gasteiger partial charge on any atom is -0.368 e. The summed E-state index contributed by atoms with van der Waals surface area (Å²) in [5, 5.41) is 10.7. The van der Waals surface area contributed by atoms with Gasteiger partial charge in [-0.3, -0.25) is 9.59 Å². The van der Waals surface area contributed by atoms with Gasteiger partial charge >= 0.3 is 0 Å². The maximum atomic E-state index is 13.4. The Labute approximate surface area is 114 Å². The molecule has 5 nitrogen and oxygen atoms in total. The maximum Gasteiger partial charge on any atom is 0.240 e. The number of hydrogen-bond donors (Lipinski definition) is 2. The number of primary amides is 1. The molecule has 20 heavy (non-hydrogen) atoms. The van der Waals surface area contributed by atoms with E-state index in [1.807, 2.05) is 6.07 Å². The van der Waals surface area contributed by atoms with Gasteiger partial charge in [-0.15, -0.1) is 0 Å². The van der Waals surface area contributed by atoms with Gasteiger partial charge in [0, 0.05) is 12.5 Å². The summed E-state index contributed by atoms with van der Waals surface area (Å²) in [5.74, 6) is -2.98. The van der Waals surface area contributed by atoms with Gasteiger partial charge in [-0.25, -0.2) is 8.78 Å². The van der Waals surface area contributed by atoms with E-state index in [1.54, 1.807) is 0 Å². The zero-order valence-electron chi connectivity index (χ0n) is 10.5. The van der Waals surface area contributed by atoms with Gasteiger partial charge in [0.1, 0.15) is 17.7 Å². The van der Waals surface area contributed by atoms with Crippen molar-refractivity contribution in [2.45, 2.75) is 25.3 Å². The van der Waals surface area contributed by atoms with Crippen LogP contribution < -0.4 is 11.1 Å². The molecule has 2 amide bonds. The monoisotopic (exact) mass is 281 g/mol. The second-order valence-corrected chi connectivity index (χ2v) is 4.13. The first kappa shape index (κ1) is 15.6. The predicted octanol–water partition coefficient (Wildman–Crippen LogP) is 0.781. The molecule has 3 N–H and O–H groups in total. The second-order valence-electron chi connectivity index (χ2n) is 4.13. The number of carbonyl (C=O) groups is 2. The van der Waals surface area contributed by atoms with E-state index in [2.05, 4.69) is 5.32 Å². The van der Waals surface area contributed by atoms with Crippen LogP contribution in [0, 0.1) is 23.0 Å². The molecule has 7 heteroatoms. The number of hydrogen-bond acceptors (Lipinski definition) is 3. The van der Waals surface area contributed by atoms with Gasteiger partial charge in [0.05, 0.1) is 12.5 Å². The predicted molar refractivity (Wildman–Crippen MR) is 66.0 cm³/mol. The molecule has 106 valence electrons. The van der Waals surface area contributed by atoms with Crippen molar-refractivity contribution in [3.63, 3.8) is 0 Å². The minimum absolute atomic E-state index is 0.00686. The van der Waals surface area contributed by atoms with Crippen molar-refractivity contribution in [1.82, 2.24) is 5.32 Å².